The number of benzene rings is 1. The predicted octanol–water partition coefficient (Wildman–Crippen LogP) is 0.869. The van der Waals surface area contributed by atoms with Crippen LogP contribution < -0.4 is 10.6 Å². The number of hydrogen-bond donors (Lipinski definition) is 3. The topological polar surface area (TPSA) is 144 Å². The van der Waals surface area contributed by atoms with Crippen LogP contribution >= 0.6 is 0 Å². The minimum absolute atomic E-state index is 0.000603. The van der Waals surface area contributed by atoms with E-state index in [9.17, 15) is 9.59 Å². The number of rotatable bonds is 6. The number of carbonyl (C=O) groups excluding carboxylic acids is 2. The molecule has 2 amide bonds. The number of amides is 2. The predicted molar refractivity (Wildman–Crippen MR) is 124 cm³/mol. The van der Waals surface area contributed by atoms with E-state index in [1.54, 1.807) is 13.0 Å². The van der Waals surface area contributed by atoms with Crippen molar-refractivity contribution < 1.29 is 29.0 Å². The largest absolute Gasteiger partial charge is 0.394 e. The molecule has 35 heavy (non-hydrogen) atoms. The van der Waals surface area contributed by atoms with Crippen molar-refractivity contribution in [3.63, 3.8) is 0 Å². The molecule has 184 valence electrons. The van der Waals surface area contributed by atoms with Gasteiger partial charge in [-0.3, -0.25) is 9.59 Å². The normalized spacial score (nSPS) is 23.7. The lowest BCUT2D eigenvalue weighted by Gasteiger charge is -2.30. The summed E-state index contributed by atoms with van der Waals surface area (Å²) in [5.74, 6) is 0.104. The van der Waals surface area contributed by atoms with Crippen LogP contribution in [0.5, 0.6) is 0 Å². The third kappa shape index (κ3) is 5.31. The van der Waals surface area contributed by atoms with Crippen molar-refractivity contribution in [3.05, 3.63) is 52.6 Å². The van der Waals surface area contributed by atoms with Crippen LogP contribution in [0.4, 0.5) is 5.69 Å². The molecule has 1 fully saturated rings. The van der Waals surface area contributed by atoms with Crippen LogP contribution in [-0.4, -0.2) is 70.7 Å². The summed E-state index contributed by atoms with van der Waals surface area (Å²) in [6.45, 7) is 2.52. The molecule has 3 atom stereocenters. The third-order valence-electron chi connectivity index (χ3n) is 6.19. The van der Waals surface area contributed by atoms with Crippen molar-refractivity contribution in [3.8, 4) is 0 Å². The highest BCUT2D eigenvalue weighted by molar-refractivity contribution is 6.02. The smallest absolute Gasteiger partial charge is 0.270 e. The van der Waals surface area contributed by atoms with Gasteiger partial charge in [-0.1, -0.05) is 17.3 Å². The first-order valence-corrected chi connectivity index (χ1v) is 11.6. The van der Waals surface area contributed by atoms with Crippen LogP contribution in [0.3, 0.4) is 0 Å². The molecule has 1 aromatic heterocycles. The first-order chi connectivity index (χ1) is 17.0. The molecule has 4 heterocycles. The molecule has 0 spiro atoms. The van der Waals surface area contributed by atoms with E-state index in [0.29, 0.717) is 56.3 Å². The van der Waals surface area contributed by atoms with Gasteiger partial charge in [0.25, 0.3) is 5.91 Å². The van der Waals surface area contributed by atoms with Crippen molar-refractivity contribution in [1.29, 1.82) is 0 Å². The Labute approximate surface area is 201 Å². The van der Waals surface area contributed by atoms with Crippen LogP contribution in [0.1, 0.15) is 46.0 Å². The molecule has 3 aliphatic heterocycles. The second kappa shape index (κ2) is 10.1. The van der Waals surface area contributed by atoms with Gasteiger partial charge in [0, 0.05) is 25.1 Å². The van der Waals surface area contributed by atoms with Crippen molar-refractivity contribution in [2.24, 2.45) is 5.16 Å². The van der Waals surface area contributed by atoms with Gasteiger partial charge in [0.2, 0.25) is 5.91 Å². The molecule has 3 aliphatic rings. The van der Waals surface area contributed by atoms with E-state index < -0.39 is 0 Å². The maximum absolute atomic E-state index is 12.8. The fraction of sp³-hybridized carbons (Fsp3) is 0.458. The average molecular weight is 482 g/mol. The van der Waals surface area contributed by atoms with Crippen LogP contribution in [0.2, 0.25) is 0 Å². The Morgan fingerprint density at radius 2 is 2.06 bits per heavy atom. The van der Waals surface area contributed by atoms with Gasteiger partial charge in [-0.05, 0) is 36.6 Å². The Morgan fingerprint density at radius 1 is 1.17 bits per heavy atom. The summed E-state index contributed by atoms with van der Waals surface area (Å²) in [6, 6.07) is 7.40. The van der Waals surface area contributed by atoms with Gasteiger partial charge >= 0.3 is 0 Å². The van der Waals surface area contributed by atoms with Crippen LogP contribution in [0.15, 0.2) is 29.4 Å². The van der Waals surface area contributed by atoms with Gasteiger partial charge in [-0.2, -0.15) is 0 Å². The first kappa shape index (κ1) is 23.3. The summed E-state index contributed by atoms with van der Waals surface area (Å²) in [6.07, 6.45) is 0.706. The lowest BCUT2D eigenvalue weighted by molar-refractivity contribution is -0.178. The molecule has 11 heteroatoms. The Morgan fingerprint density at radius 3 is 2.86 bits per heavy atom. The highest BCUT2D eigenvalue weighted by Crippen LogP contribution is 2.25. The number of hydrogen-bond acceptors (Lipinski definition) is 9. The van der Waals surface area contributed by atoms with Gasteiger partial charge in [0.1, 0.15) is 29.4 Å². The standard InChI is InChI=1S/C24H27N5O6/c1-13-26-18(19-8-21(35-29-19)22-12-33-16(10-30)11-34-22)7-20(27-13)24(32)25-9-14-2-3-15-4-5-23(31)28-17(15)6-14/h2-3,6-7,16,21-22,30H,4-5,8-12H2,1H3,(H,25,32)(H,28,31)/t16-,21-,22-/m1/s1. The zero-order valence-electron chi connectivity index (χ0n) is 19.3. The molecule has 2 aromatic rings. The fourth-order valence-electron chi connectivity index (χ4n) is 4.26. The van der Waals surface area contributed by atoms with E-state index in [1.165, 1.54) is 0 Å². The third-order valence-corrected chi connectivity index (χ3v) is 6.19. The maximum atomic E-state index is 12.8. The molecule has 1 saturated heterocycles. The van der Waals surface area contributed by atoms with Crippen molar-refractivity contribution in [2.75, 3.05) is 25.1 Å². The molecular weight excluding hydrogens is 454 g/mol. The number of nitrogens with one attached hydrogen (secondary N) is 2. The number of ether oxygens (including phenoxy) is 2. The number of aromatic nitrogens is 2. The van der Waals surface area contributed by atoms with Gasteiger partial charge < -0.3 is 30.1 Å². The van der Waals surface area contributed by atoms with E-state index in [1.807, 2.05) is 18.2 Å². The van der Waals surface area contributed by atoms with Crippen LogP contribution in [0, 0.1) is 6.92 Å². The number of carbonyl (C=O) groups is 2. The molecule has 11 nitrogen and oxygen atoms in total. The number of anilines is 1. The van der Waals surface area contributed by atoms with Crippen molar-refractivity contribution in [2.45, 2.75) is 51.0 Å². The Hall–Kier alpha value is -3.41. The quantitative estimate of drug-likeness (QED) is 0.551. The summed E-state index contributed by atoms with van der Waals surface area (Å²) in [5.41, 5.74) is 4.11. The van der Waals surface area contributed by atoms with E-state index in [0.717, 1.165) is 16.8 Å². The van der Waals surface area contributed by atoms with E-state index in [2.05, 4.69) is 25.8 Å². The van der Waals surface area contributed by atoms with Gasteiger partial charge in [-0.15, -0.1) is 0 Å². The molecule has 0 radical (unpaired) electrons. The van der Waals surface area contributed by atoms with Crippen LogP contribution in [-0.2, 0) is 32.1 Å². The second-order valence-electron chi connectivity index (χ2n) is 8.80. The summed E-state index contributed by atoms with van der Waals surface area (Å²) >= 11 is 0. The molecule has 0 unspecified atom stereocenters. The van der Waals surface area contributed by atoms with E-state index in [4.69, 9.17) is 19.4 Å². The summed E-state index contributed by atoms with van der Waals surface area (Å²) in [7, 11) is 0. The van der Waals surface area contributed by atoms with Crippen molar-refractivity contribution in [1.82, 2.24) is 15.3 Å². The van der Waals surface area contributed by atoms with E-state index >= 15 is 0 Å². The zero-order chi connectivity index (χ0) is 24.4. The minimum atomic E-state index is -0.339. The molecule has 0 aliphatic carbocycles. The lowest BCUT2D eigenvalue weighted by Crippen LogP contribution is -2.43. The number of aliphatic hydroxyl groups excluding tert-OH is 1. The summed E-state index contributed by atoms with van der Waals surface area (Å²) in [4.78, 5) is 38.8. The Kier molecular flexibility index (Phi) is 6.71. The number of fused-ring (bicyclic) bond motifs is 1. The number of oxime groups is 1. The van der Waals surface area contributed by atoms with Crippen molar-refractivity contribution >= 4 is 23.2 Å². The summed E-state index contributed by atoms with van der Waals surface area (Å²) in [5, 5.41) is 19.1. The SMILES string of the molecule is Cc1nc(C(=O)NCc2ccc3c(c2)NC(=O)CC3)cc(C2=NO[C@@H]([C@H]3CO[C@H](CO)CO3)C2)n1. The minimum Gasteiger partial charge on any atom is -0.394 e. The zero-order valence-corrected chi connectivity index (χ0v) is 19.3. The van der Waals surface area contributed by atoms with Gasteiger partial charge in [-0.25, -0.2) is 9.97 Å². The second-order valence-corrected chi connectivity index (χ2v) is 8.80. The Balaban J connectivity index is 1.21. The highest BCUT2D eigenvalue weighted by Gasteiger charge is 2.35. The average Bonchev–Trinajstić information content (AvgIpc) is 3.37. The Bertz CT molecular complexity index is 1160. The molecule has 3 N–H and O–H groups in total. The number of aryl methyl sites for hydroxylation is 2. The maximum Gasteiger partial charge on any atom is 0.270 e. The lowest BCUT2D eigenvalue weighted by atomic mass is 10.0. The molecule has 5 rings (SSSR count). The van der Waals surface area contributed by atoms with E-state index in [-0.39, 0.29) is 42.4 Å². The highest BCUT2D eigenvalue weighted by atomic mass is 16.7. The number of nitrogens with zero attached hydrogens (tertiary/aromatic N) is 3. The monoisotopic (exact) mass is 481 g/mol. The molecular formula is C24H27N5O6. The van der Waals surface area contributed by atoms with Gasteiger partial charge in [0.15, 0.2) is 6.10 Å². The summed E-state index contributed by atoms with van der Waals surface area (Å²) < 4.78 is 11.3. The fourth-order valence-corrected chi connectivity index (χ4v) is 4.26. The van der Waals surface area contributed by atoms with Gasteiger partial charge in [0.05, 0.1) is 25.5 Å². The van der Waals surface area contributed by atoms with Crippen LogP contribution in [0.25, 0.3) is 0 Å². The molecule has 1 aromatic carbocycles. The molecule has 0 saturated carbocycles. The number of aliphatic hydroxyl groups is 1. The first-order valence-electron chi connectivity index (χ1n) is 11.6. The molecule has 0 bridgehead atoms.